The summed E-state index contributed by atoms with van der Waals surface area (Å²) in [6.45, 7) is 4.03. The van der Waals surface area contributed by atoms with E-state index in [9.17, 15) is 33.6 Å². The van der Waals surface area contributed by atoms with Crippen LogP contribution >= 0.6 is 0 Å². The van der Waals surface area contributed by atoms with Crippen molar-refractivity contribution in [2.45, 2.75) is 101 Å². The van der Waals surface area contributed by atoms with Crippen LogP contribution in [0, 0.1) is 5.92 Å². The molecule has 4 fully saturated rings. The predicted molar refractivity (Wildman–Crippen MR) is 204 cm³/mol. The molecule has 4 aliphatic heterocycles. The molecule has 15 nitrogen and oxygen atoms in total. The van der Waals surface area contributed by atoms with Gasteiger partial charge in [-0.25, -0.2) is 9.59 Å². The Balaban J connectivity index is 1.26. The fraction of sp³-hybridized carbons (Fsp3) is 0.537. The summed E-state index contributed by atoms with van der Waals surface area (Å²) in [5, 5.41) is 11.1. The minimum atomic E-state index is -1.42. The van der Waals surface area contributed by atoms with Crippen molar-refractivity contribution < 1.29 is 38.3 Å². The fourth-order valence-electron chi connectivity index (χ4n) is 8.22. The van der Waals surface area contributed by atoms with Crippen LogP contribution in [0.15, 0.2) is 60.7 Å². The minimum absolute atomic E-state index is 0.0425. The molecule has 2 aromatic carbocycles. The average molecular weight is 772 g/mol. The molecule has 56 heavy (non-hydrogen) atoms. The molecule has 4 aliphatic rings. The van der Waals surface area contributed by atoms with Crippen LogP contribution in [0.4, 0.5) is 4.79 Å². The maximum Gasteiger partial charge on any atom is 0.328 e. The lowest BCUT2D eigenvalue weighted by Gasteiger charge is -2.39. The van der Waals surface area contributed by atoms with E-state index >= 15 is 0 Å². The molecule has 4 saturated heterocycles. The Labute approximate surface area is 327 Å². The molecule has 4 N–H and O–H groups in total. The second-order valence-corrected chi connectivity index (χ2v) is 15.4. The lowest BCUT2D eigenvalue weighted by atomic mass is 9.99. The van der Waals surface area contributed by atoms with E-state index in [-0.39, 0.29) is 31.3 Å². The number of urea groups is 1. The first-order chi connectivity index (χ1) is 27.0. The van der Waals surface area contributed by atoms with E-state index in [4.69, 9.17) is 4.74 Å². The number of amides is 7. The van der Waals surface area contributed by atoms with Gasteiger partial charge in [0.1, 0.15) is 42.9 Å². The van der Waals surface area contributed by atoms with Crippen LogP contribution in [0.25, 0.3) is 0 Å². The van der Waals surface area contributed by atoms with E-state index in [1.807, 2.05) is 67.6 Å². The molecular weight excluding hydrogens is 718 g/mol. The molecule has 7 amide bonds. The van der Waals surface area contributed by atoms with Gasteiger partial charge in [-0.05, 0) is 68.9 Å². The van der Waals surface area contributed by atoms with Gasteiger partial charge in [0.15, 0.2) is 0 Å². The quantitative estimate of drug-likeness (QED) is 0.289. The van der Waals surface area contributed by atoms with Gasteiger partial charge in [-0.2, -0.15) is 0 Å². The number of hydrogen-bond acceptors (Lipinski definition) is 8. The molecule has 0 saturated carbocycles. The van der Waals surface area contributed by atoms with Crippen molar-refractivity contribution in [1.29, 1.82) is 0 Å². The second kappa shape index (κ2) is 18.4. The second-order valence-electron chi connectivity index (χ2n) is 15.4. The van der Waals surface area contributed by atoms with Gasteiger partial charge in [-0.3, -0.25) is 24.0 Å². The standard InChI is InChI=1S/C41H53N7O8/c1-26-22-34-40(54)56-25-31(44-35(49)30(23-29-14-7-4-8-15-29)45-41(55)42-19-18-28-12-5-3-6-13-28)38(52)47-21-11-17-33(47)39(53)46-20-10-9-16-32(46)36(50)43-27(2)37(51)48(34)24-26/h3-8,12-15,26-27,30-34H,9-11,16-25H2,1-2H3,(H,43,50)(H,44,49)(H2,42,45,55). The van der Waals surface area contributed by atoms with Crippen molar-refractivity contribution in [3.05, 3.63) is 71.8 Å². The molecule has 7 unspecified atom stereocenters. The van der Waals surface area contributed by atoms with E-state index in [2.05, 4.69) is 21.3 Å². The lowest BCUT2D eigenvalue weighted by molar-refractivity contribution is -0.158. The van der Waals surface area contributed by atoms with Gasteiger partial charge in [0.25, 0.3) is 0 Å². The summed E-state index contributed by atoms with van der Waals surface area (Å²) in [5.74, 6) is -3.40. The third-order valence-electron chi connectivity index (χ3n) is 11.2. The highest BCUT2D eigenvalue weighted by Gasteiger charge is 2.46. The SMILES string of the molecule is CC1CC2C(=O)OCC(NC(=O)C(Cc3ccccc3)NC(=O)NCCc3ccccc3)C(=O)N3CCCC3C(=O)N3CCCCC3C(=O)NC(C)C(=O)N2C1. The topological polar surface area (TPSA) is 187 Å². The van der Waals surface area contributed by atoms with Gasteiger partial charge in [0.05, 0.1) is 0 Å². The van der Waals surface area contributed by atoms with Crippen molar-refractivity contribution in [3.63, 3.8) is 0 Å². The number of esters is 1. The van der Waals surface area contributed by atoms with E-state index in [0.29, 0.717) is 58.0 Å². The number of ether oxygens (including phenoxy) is 1. The van der Waals surface area contributed by atoms with Crippen LogP contribution in [0.3, 0.4) is 0 Å². The third-order valence-corrected chi connectivity index (χ3v) is 11.2. The molecule has 0 aromatic heterocycles. The van der Waals surface area contributed by atoms with E-state index in [0.717, 1.165) is 11.1 Å². The minimum Gasteiger partial charge on any atom is -0.461 e. The summed E-state index contributed by atoms with van der Waals surface area (Å²) >= 11 is 0. The van der Waals surface area contributed by atoms with Crippen molar-refractivity contribution in [2.24, 2.45) is 5.92 Å². The highest BCUT2D eigenvalue weighted by molar-refractivity contribution is 5.97. The maximum atomic E-state index is 14.5. The zero-order chi connectivity index (χ0) is 39.8. The molecule has 6 rings (SSSR count). The Kier molecular flexibility index (Phi) is 13.2. The zero-order valence-electron chi connectivity index (χ0n) is 32.1. The summed E-state index contributed by atoms with van der Waals surface area (Å²) in [6, 6.07) is 12.0. The smallest absolute Gasteiger partial charge is 0.328 e. The number of hydrogen-bond donors (Lipinski definition) is 4. The lowest BCUT2D eigenvalue weighted by Crippen LogP contribution is -2.62. The van der Waals surface area contributed by atoms with Crippen LogP contribution in [0.5, 0.6) is 0 Å². The van der Waals surface area contributed by atoms with Gasteiger partial charge >= 0.3 is 12.0 Å². The summed E-state index contributed by atoms with van der Waals surface area (Å²) in [5.41, 5.74) is 1.79. The molecule has 7 atom stereocenters. The van der Waals surface area contributed by atoms with Gasteiger partial charge in [0, 0.05) is 32.6 Å². The monoisotopic (exact) mass is 771 g/mol. The Morgan fingerprint density at radius 1 is 0.786 bits per heavy atom. The van der Waals surface area contributed by atoms with Crippen molar-refractivity contribution in [3.8, 4) is 0 Å². The summed E-state index contributed by atoms with van der Waals surface area (Å²) in [4.78, 5) is 101. The molecule has 2 aromatic rings. The fourth-order valence-corrected chi connectivity index (χ4v) is 8.22. The van der Waals surface area contributed by atoms with Gasteiger partial charge in [0.2, 0.25) is 29.5 Å². The molecule has 0 bridgehead atoms. The first kappa shape index (κ1) is 40.2. The largest absolute Gasteiger partial charge is 0.461 e. The maximum absolute atomic E-state index is 14.5. The van der Waals surface area contributed by atoms with Crippen LogP contribution in [0.2, 0.25) is 0 Å². The highest BCUT2D eigenvalue weighted by Crippen LogP contribution is 2.28. The van der Waals surface area contributed by atoms with Gasteiger partial charge in [-0.1, -0.05) is 67.6 Å². The van der Waals surface area contributed by atoms with Gasteiger partial charge < -0.3 is 40.7 Å². The molecule has 15 heteroatoms. The van der Waals surface area contributed by atoms with Crippen LogP contribution < -0.4 is 21.3 Å². The van der Waals surface area contributed by atoms with Crippen molar-refractivity contribution in [2.75, 3.05) is 32.8 Å². The number of carbonyl (C=O) groups is 7. The highest BCUT2D eigenvalue weighted by atomic mass is 16.5. The number of carbonyl (C=O) groups excluding carboxylic acids is 7. The van der Waals surface area contributed by atoms with Crippen LogP contribution in [-0.2, 0) is 46.3 Å². The third kappa shape index (κ3) is 9.66. The van der Waals surface area contributed by atoms with Gasteiger partial charge in [-0.15, -0.1) is 0 Å². The Hall–Kier alpha value is -5.47. The number of rotatable bonds is 8. The first-order valence-electron chi connectivity index (χ1n) is 19.8. The Morgan fingerprint density at radius 2 is 1.45 bits per heavy atom. The van der Waals surface area contributed by atoms with Crippen molar-refractivity contribution >= 4 is 41.5 Å². The predicted octanol–water partition coefficient (Wildman–Crippen LogP) is 1.30. The van der Waals surface area contributed by atoms with E-state index < -0.39 is 78.5 Å². The molecule has 4 heterocycles. The van der Waals surface area contributed by atoms with E-state index in [1.54, 1.807) is 6.92 Å². The summed E-state index contributed by atoms with van der Waals surface area (Å²) in [7, 11) is 0. The number of nitrogens with zero attached hydrogens (tertiary/aromatic N) is 3. The number of fused-ring (bicyclic) bond motifs is 3. The first-order valence-corrected chi connectivity index (χ1v) is 19.8. The molecule has 300 valence electrons. The molecule has 0 spiro atoms. The number of benzene rings is 2. The number of nitrogens with one attached hydrogen (secondary N) is 4. The number of piperidine rings is 1. The summed E-state index contributed by atoms with van der Waals surface area (Å²) in [6.07, 6.45) is 3.65. The molecular formula is C41H53N7O8. The van der Waals surface area contributed by atoms with Crippen LogP contribution in [0.1, 0.15) is 63.5 Å². The average Bonchev–Trinajstić information content (AvgIpc) is 3.86. The van der Waals surface area contributed by atoms with Crippen molar-refractivity contribution in [1.82, 2.24) is 36.0 Å². The normalized spacial score (nSPS) is 26.7. The van der Waals surface area contributed by atoms with Crippen LogP contribution in [-0.4, -0.2) is 125 Å². The zero-order valence-corrected chi connectivity index (χ0v) is 32.1. The molecule has 0 radical (unpaired) electrons. The Morgan fingerprint density at radius 3 is 2.18 bits per heavy atom. The molecule has 0 aliphatic carbocycles. The van der Waals surface area contributed by atoms with E-state index in [1.165, 1.54) is 14.7 Å². The number of cyclic esters (lactones) is 1. The Bertz CT molecular complexity index is 1760. The summed E-state index contributed by atoms with van der Waals surface area (Å²) < 4.78 is 5.75.